The van der Waals surface area contributed by atoms with Crippen LogP contribution >= 0.6 is 35.0 Å². The van der Waals surface area contributed by atoms with E-state index in [1.54, 1.807) is 0 Å². The third-order valence-electron chi connectivity index (χ3n) is 3.37. The molecule has 3 heteroatoms. The molecule has 0 spiro atoms. The third kappa shape index (κ3) is 4.39. The molecule has 0 heterocycles. The van der Waals surface area contributed by atoms with E-state index in [4.69, 9.17) is 23.2 Å². The van der Waals surface area contributed by atoms with Crippen LogP contribution in [0.1, 0.15) is 20.3 Å². The molecule has 1 aromatic rings. The largest absolute Gasteiger partial charge is 0.126 e. The van der Waals surface area contributed by atoms with Crippen LogP contribution in [0.2, 0.25) is 0 Å². The van der Waals surface area contributed by atoms with Crippen molar-refractivity contribution in [2.45, 2.75) is 25.2 Å². The molecule has 0 saturated heterocycles. The van der Waals surface area contributed by atoms with Crippen LogP contribution in [0.4, 0.5) is 0 Å². The van der Waals surface area contributed by atoms with Crippen molar-refractivity contribution in [3.8, 4) is 0 Å². The molecular formula is C14H20Cl2S. The quantitative estimate of drug-likeness (QED) is 0.486. The maximum absolute atomic E-state index is 6.11. The molecule has 0 radical (unpaired) electrons. The normalized spacial score (nSPS) is 12.1. The second-order valence-corrected chi connectivity index (χ2v) is 6.40. The first-order chi connectivity index (χ1) is 8.14. The molecule has 1 rings (SSSR count). The maximum Gasteiger partial charge on any atom is 0.0294 e. The fourth-order valence-corrected chi connectivity index (χ4v) is 3.92. The van der Waals surface area contributed by atoms with Crippen LogP contribution in [0.3, 0.4) is 0 Å². The standard InChI is InChI=1S/C14H20Cl2S/c1-12(2)14(10-15,11-16)8-9-17-13-6-4-3-5-7-13/h3-7,12H,8-11H2,1-2H3. The van der Waals surface area contributed by atoms with Crippen molar-refractivity contribution in [2.24, 2.45) is 11.3 Å². The van der Waals surface area contributed by atoms with Gasteiger partial charge in [-0.1, -0.05) is 32.0 Å². The number of halogens is 2. The zero-order valence-electron chi connectivity index (χ0n) is 10.5. The summed E-state index contributed by atoms with van der Waals surface area (Å²) in [5, 5.41) is 0. The van der Waals surface area contributed by atoms with Gasteiger partial charge in [0, 0.05) is 22.1 Å². The van der Waals surface area contributed by atoms with Crippen molar-refractivity contribution < 1.29 is 0 Å². The predicted octanol–water partition coefficient (Wildman–Crippen LogP) is 5.29. The number of benzene rings is 1. The van der Waals surface area contributed by atoms with Crippen LogP contribution < -0.4 is 0 Å². The summed E-state index contributed by atoms with van der Waals surface area (Å²) in [5.41, 5.74) is 0.0743. The van der Waals surface area contributed by atoms with Crippen LogP contribution in [0.25, 0.3) is 0 Å². The Morgan fingerprint density at radius 1 is 1.12 bits per heavy atom. The zero-order chi connectivity index (χ0) is 12.7. The number of hydrogen-bond acceptors (Lipinski definition) is 1. The molecular weight excluding hydrogens is 271 g/mol. The summed E-state index contributed by atoms with van der Waals surface area (Å²) >= 11 is 14.1. The minimum absolute atomic E-state index is 0.0743. The first-order valence-electron chi connectivity index (χ1n) is 5.94. The highest BCUT2D eigenvalue weighted by molar-refractivity contribution is 7.99. The topological polar surface area (TPSA) is 0 Å². The van der Waals surface area contributed by atoms with E-state index in [0.29, 0.717) is 17.7 Å². The molecule has 0 nitrogen and oxygen atoms in total. The number of rotatable bonds is 7. The highest BCUT2D eigenvalue weighted by Gasteiger charge is 2.31. The molecule has 0 aliphatic heterocycles. The smallest absolute Gasteiger partial charge is 0.0294 e. The lowest BCUT2D eigenvalue weighted by molar-refractivity contribution is 0.253. The van der Waals surface area contributed by atoms with Gasteiger partial charge < -0.3 is 0 Å². The predicted molar refractivity (Wildman–Crippen MR) is 80.5 cm³/mol. The molecule has 0 aliphatic rings. The van der Waals surface area contributed by atoms with Crippen LogP contribution in [0, 0.1) is 11.3 Å². The molecule has 0 unspecified atom stereocenters. The minimum Gasteiger partial charge on any atom is -0.126 e. The zero-order valence-corrected chi connectivity index (χ0v) is 12.8. The van der Waals surface area contributed by atoms with Gasteiger partial charge in [-0.3, -0.25) is 0 Å². The van der Waals surface area contributed by atoms with Crippen molar-refractivity contribution in [3.63, 3.8) is 0 Å². The van der Waals surface area contributed by atoms with Gasteiger partial charge in [-0.25, -0.2) is 0 Å². The van der Waals surface area contributed by atoms with E-state index in [-0.39, 0.29) is 5.41 Å². The van der Waals surface area contributed by atoms with E-state index in [1.165, 1.54) is 4.90 Å². The second-order valence-electron chi connectivity index (χ2n) is 4.70. The average Bonchev–Trinajstić information content (AvgIpc) is 2.36. The Bertz CT molecular complexity index is 307. The number of hydrogen-bond donors (Lipinski definition) is 0. The second kappa shape index (κ2) is 7.56. The Morgan fingerprint density at radius 3 is 2.18 bits per heavy atom. The first kappa shape index (κ1) is 15.2. The maximum atomic E-state index is 6.11. The summed E-state index contributed by atoms with van der Waals surface area (Å²) in [6.45, 7) is 4.41. The van der Waals surface area contributed by atoms with Gasteiger partial charge in [0.25, 0.3) is 0 Å². The van der Waals surface area contributed by atoms with Crippen molar-refractivity contribution in [2.75, 3.05) is 17.5 Å². The summed E-state index contributed by atoms with van der Waals surface area (Å²) in [5.74, 6) is 2.88. The van der Waals surface area contributed by atoms with E-state index in [9.17, 15) is 0 Å². The van der Waals surface area contributed by atoms with Gasteiger partial charge in [0.15, 0.2) is 0 Å². The Kier molecular flexibility index (Phi) is 6.76. The van der Waals surface area contributed by atoms with Gasteiger partial charge in [-0.2, -0.15) is 0 Å². The molecule has 17 heavy (non-hydrogen) atoms. The van der Waals surface area contributed by atoms with E-state index in [2.05, 4.69) is 38.1 Å². The molecule has 0 atom stereocenters. The molecule has 1 aromatic carbocycles. The van der Waals surface area contributed by atoms with Crippen LogP contribution in [0.15, 0.2) is 35.2 Å². The van der Waals surface area contributed by atoms with Gasteiger partial charge in [0.2, 0.25) is 0 Å². The minimum atomic E-state index is 0.0743. The van der Waals surface area contributed by atoms with Gasteiger partial charge in [-0.05, 0) is 30.2 Å². The SMILES string of the molecule is CC(C)C(CCl)(CCl)CCSc1ccccc1. The molecule has 0 aromatic heterocycles. The third-order valence-corrected chi connectivity index (χ3v) is 5.45. The fraction of sp³-hybridized carbons (Fsp3) is 0.571. The Hall–Kier alpha value is 0.150. The summed E-state index contributed by atoms with van der Waals surface area (Å²) in [4.78, 5) is 1.31. The summed E-state index contributed by atoms with van der Waals surface area (Å²) < 4.78 is 0. The Balaban J connectivity index is 2.48. The van der Waals surface area contributed by atoms with E-state index < -0.39 is 0 Å². The van der Waals surface area contributed by atoms with Crippen molar-refractivity contribution >= 4 is 35.0 Å². The van der Waals surface area contributed by atoms with Crippen LogP contribution in [-0.2, 0) is 0 Å². The van der Waals surface area contributed by atoms with Crippen molar-refractivity contribution in [1.82, 2.24) is 0 Å². The molecule has 0 saturated carbocycles. The lowest BCUT2D eigenvalue weighted by atomic mass is 9.78. The molecule has 0 amide bonds. The molecule has 0 N–H and O–H groups in total. The fourth-order valence-electron chi connectivity index (χ4n) is 1.66. The Morgan fingerprint density at radius 2 is 1.71 bits per heavy atom. The number of alkyl halides is 2. The summed E-state index contributed by atoms with van der Waals surface area (Å²) in [6, 6.07) is 10.5. The van der Waals surface area contributed by atoms with Crippen molar-refractivity contribution in [1.29, 1.82) is 0 Å². The van der Waals surface area contributed by atoms with Gasteiger partial charge >= 0.3 is 0 Å². The van der Waals surface area contributed by atoms with Crippen molar-refractivity contribution in [3.05, 3.63) is 30.3 Å². The molecule has 0 fully saturated rings. The lowest BCUT2D eigenvalue weighted by Gasteiger charge is -2.33. The molecule has 0 bridgehead atoms. The first-order valence-corrected chi connectivity index (χ1v) is 8.00. The van der Waals surface area contributed by atoms with Gasteiger partial charge in [-0.15, -0.1) is 35.0 Å². The highest BCUT2D eigenvalue weighted by atomic mass is 35.5. The van der Waals surface area contributed by atoms with E-state index in [1.807, 2.05) is 17.8 Å². The van der Waals surface area contributed by atoms with E-state index in [0.717, 1.165) is 12.2 Å². The summed E-state index contributed by atoms with van der Waals surface area (Å²) in [6.07, 6.45) is 1.07. The average molecular weight is 291 g/mol. The summed E-state index contributed by atoms with van der Waals surface area (Å²) in [7, 11) is 0. The number of thioether (sulfide) groups is 1. The highest BCUT2D eigenvalue weighted by Crippen LogP contribution is 2.36. The molecule has 96 valence electrons. The van der Waals surface area contributed by atoms with Gasteiger partial charge in [0.05, 0.1) is 0 Å². The monoisotopic (exact) mass is 290 g/mol. The van der Waals surface area contributed by atoms with Gasteiger partial charge in [0.1, 0.15) is 0 Å². The molecule has 0 aliphatic carbocycles. The van der Waals surface area contributed by atoms with Crippen LogP contribution in [0.5, 0.6) is 0 Å². The van der Waals surface area contributed by atoms with E-state index >= 15 is 0 Å². The lowest BCUT2D eigenvalue weighted by Crippen LogP contribution is -2.32. The Labute approximate surface area is 119 Å². The van der Waals surface area contributed by atoms with Crippen LogP contribution in [-0.4, -0.2) is 17.5 Å².